The molecule has 21 heavy (non-hydrogen) atoms. The Hall–Kier alpha value is -2.14. The number of hydrogen-bond acceptors (Lipinski definition) is 5. The molecule has 0 bridgehead atoms. The maximum absolute atomic E-state index is 12.2. The zero-order chi connectivity index (χ0) is 15.3. The molecule has 0 aliphatic carbocycles. The summed E-state index contributed by atoms with van der Waals surface area (Å²) in [6.07, 6.45) is 3.99. The molecule has 0 spiro atoms. The van der Waals surface area contributed by atoms with E-state index in [9.17, 15) is 8.42 Å². The largest absolute Gasteiger partial charge is 0.320 e. The third-order valence-electron chi connectivity index (χ3n) is 2.37. The van der Waals surface area contributed by atoms with Crippen molar-refractivity contribution in [1.29, 1.82) is 0 Å². The number of hydrogen-bond donors (Lipinski definition) is 2. The van der Waals surface area contributed by atoms with Gasteiger partial charge in [0.15, 0.2) is 0 Å². The van der Waals surface area contributed by atoms with Crippen LogP contribution in [0.25, 0.3) is 0 Å². The highest BCUT2D eigenvalue weighted by Gasteiger charge is 2.18. The maximum Gasteiger partial charge on any atom is 0.263 e. The second kappa shape index (κ2) is 6.54. The average molecular weight is 323 g/mol. The van der Waals surface area contributed by atoms with E-state index < -0.39 is 10.0 Å². The van der Waals surface area contributed by atoms with Crippen LogP contribution in [0.15, 0.2) is 41.8 Å². The fraction of sp³-hybridized carbons (Fsp3) is 0.0769. The molecule has 2 rings (SSSR count). The maximum atomic E-state index is 12.2. The Kier molecular flexibility index (Phi) is 4.75. The lowest BCUT2D eigenvalue weighted by molar-refractivity contribution is 0.601. The van der Waals surface area contributed by atoms with E-state index in [0.29, 0.717) is 5.56 Å². The van der Waals surface area contributed by atoms with Crippen LogP contribution in [-0.4, -0.2) is 24.9 Å². The molecule has 1 aromatic carbocycles. The highest BCUT2D eigenvalue weighted by atomic mass is 35.5. The van der Waals surface area contributed by atoms with Gasteiger partial charge in [0.05, 0.1) is 29.6 Å². The quantitative estimate of drug-likeness (QED) is 0.828. The van der Waals surface area contributed by atoms with Crippen molar-refractivity contribution in [3.8, 4) is 11.8 Å². The smallest absolute Gasteiger partial charge is 0.263 e. The van der Waals surface area contributed by atoms with Crippen LogP contribution >= 0.6 is 11.6 Å². The minimum atomic E-state index is -3.82. The summed E-state index contributed by atoms with van der Waals surface area (Å²) in [6.45, 7) is 0.216. The fourth-order valence-electron chi connectivity index (χ4n) is 1.51. The first-order valence-corrected chi connectivity index (χ1v) is 7.65. The van der Waals surface area contributed by atoms with Gasteiger partial charge < -0.3 is 5.73 Å². The molecule has 1 aromatic heterocycles. The van der Waals surface area contributed by atoms with Crippen molar-refractivity contribution in [2.45, 2.75) is 4.90 Å². The third-order valence-corrected chi connectivity index (χ3v) is 4.23. The van der Waals surface area contributed by atoms with Crippen molar-refractivity contribution in [3.63, 3.8) is 0 Å². The molecule has 0 radical (unpaired) electrons. The lowest BCUT2D eigenvalue weighted by atomic mass is 10.2. The van der Waals surface area contributed by atoms with Crippen molar-refractivity contribution in [2.24, 2.45) is 5.73 Å². The summed E-state index contributed by atoms with van der Waals surface area (Å²) in [7, 11) is -3.82. The Balaban J connectivity index is 2.32. The summed E-state index contributed by atoms with van der Waals surface area (Å²) in [4.78, 5) is 7.41. The molecule has 0 fully saturated rings. The van der Waals surface area contributed by atoms with Crippen molar-refractivity contribution in [2.75, 3.05) is 11.3 Å². The highest BCUT2D eigenvalue weighted by molar-refractivity contribution is 7.92. The highest BCUT2D eigenvalue weighted by Crippen LogP contribution is 2.24. The van der Waals surface area contributed by atoms with Crippen LogP contribution in [-0.2, 0) is 10.0 Å². The first kappa shape index (κ1) is 15.3. The van der Waals surface area contributed by atoms with E-state index in [4.69, 9.17) is 17.3 Å². The van der Waals surface area contributed by atoms with E-state index in [1.54, 1.807) is 6.07 Å². The fourth-order valence-corrected chi connectivity index (χ4v) is 3.09. The molecule has 1 heterocycles. The number of nitrogens with one attached hydrogen (secondary N) is 1. The predicted molar refractivity (Wildman–Crippen MR) is 80.2 cm³/mol. The van der Waals surface area contributed by atoms with Crippen LogP contribution in [0, 0.1) is 11.8 Å². The van der Waals surface area contributed by atoms with Crippen molar-refractivity contribution in [1.82, 2.24) is 9.97 Å². The molecule has 0 aliphatic heterocycles. The first-order chi connectivity index (χ1) is 10.0. The van der Waals surface area contributed by atoms with Crippen LogP contribution in [0.5, 0.6) is 0 Å². The minimum absolute atomic E-state index is 0.0497. The second-order valence-electron chi connectivity index (χ2n) is 3.88. The number of sulfonamides is 1. The van der Waals surface area contributed by atoms with Crippen molar-refractivity contribution >= 4 is 27.3 Å². The Morgan fingerprint density at radius 3 is 2.62 bits per heavy atom. The molecule has 0 atom stereocenters. The van der Waals surface area contributed by atoms with Gasteiger partial charge in [-0.15, -0.1) is 0 Å². The Labute approximate surface area is 127 Å². The molecule has 6 nitrogen and oxygen atoms in total. The average Bonchev–Trinajstić information content (AvgIpc) is 2.45. The summed E-state index contributed by atoms with van der Waals surface area (Å²) < 4.78 is 26.8. The molecule has 0 saturated carbocycles. The molecule has 8 heteroatoms. The van der Waals surface area contributed by atoms with Crippen LogP contribution in [0.2, 0.25) is 5.02 Å². The molecule has 0 unspecified atom stereocenters. The topological polar surface area (TPSA) is 98.0 Å². The SMILES string of the molecule is NCC#Cc1ccc(S(=O)(=O)Nc2cncnc2)c(Cl)c1. The lowest BCUT2D eigenvalue weighted by Gasteiger charge is -2.09. The van der Waals surface area contributed by atoms with E-state index in [1.165, 1.54) is 30.9 Å². The van der Waals surface area contributed by atoms with Gasteiger partial charge in [0, 0.05) is 5.56 Å². The van der Waals surface area contributed by atoms with Gasteiger partial charge in [-0.2, -0.15) is 0 Å². The van der Waals surface area contributed by atoms with Gasteiger partial charge in [-0.25, -0.2) is 18.4 Å². The summed E-state index contributed by atoms with van der Waals surface area (Å²) in [5.41, 5.74) is 6.12. The predicted octanol–water partition coefficient (Wildman–Crippen LogP) is 1.24. The summed E-state index contributed by atoms with van der Waals surface area (Å²) >= 11 is 6.01. The first-order valence-electron chi connectivity index (χ1n) is 5.79. The number of nitrogens with zero attached hydrogens (tertiary/aromatic N) is 2. The van der Waals surface area contributed by atoms with Gasteiger partial charge in [0.1, 0.15) is 11.2 Å². The van der Waals surface area contributed by atoms with Gasteiger partial charge >= 0.3 is 0 Å². The second-order valence-corrected chi connectivity index (χ2v) is 5.94. The summed E-state index contributed by atoms with van der Waals surface area (Å²) in [6, 6.07) is 4.42. The van der Waals surface area contributed by atoms with E-state index >= 15 is 0 Å². The number of anilines is 1. The summed E-state index contributed by atoms with van der Waals surface area (Å²) in [5.74, 6) is 5.45. The van der Waals surface area contributed by atoms with Gasteiger partial charge in [-0.1, -0.05) is 23.4 Å². The van der Waals surface area contributed by atoms with Crippen molar-refractivity contribution in [3.05, 3.63) is 47.5 Å². The van der Waals surface area contributed by atoms with Crippen LogP contribution in [0.1, 0.15) is 5.56 Å². The minimum Gasteiger partial charge on any atom is -0.320 e. The molecule has 0 aliphatic rings. The molecule has 108 valence electrons. The van der Waals surface area contributed by atoms with Gasteiger partial charge in [-0.3, -0.25) is 4.72 Å². The number of aromatic nitrogens is 2. The molecular formula is C13H11ClN4O2S. The molecule has 0 amide bonds. The van der Waals surface area contributed by atoms with Crippen LogP contribution < -0.4 is 10.5 Å². The summed E-state index contributed by atoms with van der Waals surface area (Å²) in [5, 5.41) is 0.0724. The molecule has 0 saturated heterocycles. The normalized spacial score (nSPS) is 10.6. The van der Waals surface area contributed by atoms with Gasteiger partial charge in [0.2, 0.25) is 0 Å². The van der Waals surface area contributed by atoms with E-state index in [0.717, 1.165) is 0 Å². The van der Waals surface area contributed by atoms with E-state index in [1.807, 2.05) is 0 Å². The number of halogens is 1. The number of benzene rings is 1. The van der Waals surface area contributed by atoms with Gasteiger partial charge in [-0.05, 0) is 18.2 Å². The molecule has 3 N–H and O–H groups in total. The number of nitrogens with two attached hydrogens (primary N) is 1. The third kappa shape index (κ3) is 3.92. The lowest BCUT2D eigenvalue weighted by Crippen LogP contribution is -2.13. The monoisotopic (exact) mass is 322 g/mol. The molecular weight excluding hydrogens is 312 g/mol. The Bertz CT molecular complexity index is 798. The Morgan fingerprint density at radius 2 is 2.00 bits per heavy atom. The zero-order valence-corrected chi connectivity index (χ0v) is 12.3. The standard InChI is InChI=1S/C13H11ClN4O2S/c14-12-6-10(2-1-5-15)3-4-13(12)21(19,20)18-11-7-16-9-17-8-11/h3-4,6-9,18H,5,15H2. The van der Waals surface area contributed by atoms with E-state index in [2.05, 4.69) is 26.5 Å². The van der Waals surface area contributed by atoms with Gasteiger partial charge in [0.25, 0.3) is 10.0 Å². The zero-order valence-electron chi connectivity index (χ0n) is 10.7. The number of rotatable bonds is 3. The Morgan fingerprint density at radius 1 is 1.29 bits per heavy atom. The van der Waals surface area contributed by atoms with Crippen molar-refractivity contribution < 1.29 is 8.42 Å². The van der Waals surface area contributed by atoms with Crippen LogP contribution in [0.3, 0.4) is 0 Å². The van der Waals surface area contributed by atoms with Crippen LogP contribution in [0.4, 0.5) is 5.69 Å². The molecule has 2 aromatic rings. The van der Waals surface area contributed by atoms with E-state index in [-0.39, 0.29) is 22.2 Å².